The van der Waals surface area contributed by atoms with Crippen LogP contribution in [0.5, 0.6) is 0 Å². The van der Waals surface area contributed by atoms with Crippen molar-refractivity contribution in [3.05, 3.63) is 71.8 Å². The van der Waals surface area contributed by atoms with Crippen molar-refractivity contribution < 1.29 is 9.59 Å². The molecule has 28 heavy (non-hydrogen) atoms. The van der Waals surface area contributed by atoms with Crippen molar-refractivity contribution in [2.24, 2.45) is 5.73 Å². The van der Waals surface area contributed by atoms with Crippen molar-refractivity contribution in [1.82, 2.24) is 4.90 Å². The molecule has 0 aromatic heterocycles. The van der Waals surface area contributed by atoms with Crippen molar-refractivity contribution in [2.45, 2.75) is 50.6 Å². The first-order valence-corrected chi connectivity index (χ1v) is 10.3. The number of nitrogens with two attached hydrogens (primary N) is 1. The number of rotatable bonds is 9. The molecule has 0 saturated carbocycles. The fraction of sp³-hybridized carbons (Fsp3) is 0.417. The van der Waals surface area contributed by atoms with E-state index in [0.717, 1.165) is 37.1 Å². The Labute approximate surface area is 167 Å². The van der Waals surface area contributed by atoms with Gasteiger partial charge in [-0.2, -0.15) is 0 Å². The zero-order valence-corrected chi connectivity index (χ0v) is 16.4. The molecule has 1 heterocycles. The first-order valence-electron chi connectivity index (χ1n) is 10.3. The second-order valence-electron chi connectivity index (χ2n) is 7.68. The van der Waals surface area contributed by atoms with E-state index in [2.05, 4.69) is 4.90 Å². The van der Waals surface area contributed by atoms with Gasteiger partial charge in [0.25, 0.3) is 0 Å². The monoisotopic (exact) mass is 378 g/mol. The summed E-state index contributed by atoms with van der Waals surface area (Å²) in [6.07, 6.45) is 3.83. The van der Waals surface area contributed by atoms with Gasteiger partial charge in [-0.15, -0.1) is 0 Å². The Kier molecular flexibility index (Phi) is 7.52. The van der Waals surface area contributed by atoms with E-state index in [4.69, 9.17) is 5.73 Å². The van der Waals surface area contributed by atoms with E-state index in [1.54, 1.807) is 0 Å². The molecule has 0 bridgehead atoms. The molecule has 0 atom stereocenters. The number of benzene rings is 2. The lowest BCUT2D eigenvalue weighted by Gasteiger charge is -2.35. The molecule has 0 spiro atoms. The molecule has 0 unspecified atom stereocenters. The lowest BCUT2D eigenvalue weighted by molar-refractivity contribution is -0.135. The molecule has 1 fully saturated rings. The lowest BCUT2D eigenvalue weighted by Crippen LogP contribution is -2.52. The number of Topliss-reactive ketones (excluding diaryl/α,β-unsaturated/α-hetero) is 2. The van der Waals surface area contributed by atoms with E-state index >= 15 is 0 Å². The van der Waals surface area contributed by atoms with Crippen molar-refractivity contribution in [2.75, 3.05) is 13.1 Å². The van der Waals surface area contributed by atoms with Gasteiger partial charge in [0, 0.05) is 32.0 Å². The number of ketones is 2. The van der Waals surface area contributed by atoms with Crippen LogP contribution in [-0.4, -0.2) is 41.6 Å². The number of likely N-dealkylation sites (tertiary alicyclic amines) is 1. The highest BCUT2D eigenvalue weighted by atomic mass is 16.2. The van der Waals surface area contributed by atoms with Crippen LogP contribution in [0, 0.1) is 0 Å². The van der Waals surface area contributed by atoms with Crippen molar-refractivity contribution in [3.63, 3.8) is 0 Å². The molecule has 0 aliphatic carbocycles. The van der Waals surface area contributed by atoms with Gasteiger partial charge in [0.2, 0.25) is 0 Å². The average molecular weight is 379 g/mol. The number of carbonyl (C=O) groups is 2. The largest absolute Gasteiger partial charge is 0.328 e. The first kappa shape index (κ1) is 20.4. The van der Waals surface area contributed by atoms with Gasteiger partial charge in [-0.3, -0.25) is 14.5 Å². The summed E-state index contributed by atoms with van der Waals surface area (Å²) >= 11 is 0. The third-order valence-electron chi connectivity index (χ3n) is 5.56. The van der Waals surface area contributed by atoms with Gasteiger partial charge in [-0.1, -0.05) is 60.7 Å². The molecule has 3 rings (SSSR count). The lowest BCUT2D eigenvalue weighted by atomic mass is 9.93. The predicted octanol–water partition coefficient (Wildman–Crippen LogP) is 3.18. The maximum absolute atomic E-state index is 13.1. The highest BCUT2D eigenvalue weighted by Crippen LogP contribution is 2.17. The third kappa shape index (κ3) is 5.85. The maximum atomic E-state index is 13.1. The summed E-state index contributed by atoms with van der Waals surface area (Å²) < 4.78 is 0. The molecular weight excluding hydrogens is 348 g/mol. The Hall–Kier alpha value is -2.30. The standard InChI is InChI=1S/C24H30N2O2/c25-21-15-17-26(18-16-21)24(22(27)13-11-19-7-3-1-4-8-19)23(28)14-12-20-9-5-2-6-10-20/h1-10,21,24H,11-18,25H2. The smallest absolute Gasteiger partial charge is 0.157 e. The van der Waals surface area contributed by atoms with Gasteiger partial charge in [0.15, 0.2) is 11.6 Å². The van der Waals surface area contributed by atoms with Crippen molar-refractivity contribution >= 4 is 11.6 Å². The van der Waals surface area contributed by atoms with Crippen LogP contribution in [0.25, 0.3) is 0 Å². The number of hydrogen-bond acceptors (Lipinski definition) is 4. The number of aryl methyl sites for hydroxylation is 2. The van der Waals surface area contributed by atoms with Crippen LogP contribution in [0.2, 0.25) is 0 Å². The molecule has 4 nitrogen and oxygen atoms in total. The fourth-order valence-electron chi connectivity index (χ4n) is 3.86. The second kappa shape index (κ2) is 10.3. The van der Waals surface area contributed by atoms with Crippen LogP contribution >= 0.6 is 0 Å². The van der Waals surface area contributed by atoms with Crippen molar-refractivity contribution in [3.8, 4) is 0 Å². The van der Waals surface area contributed by atoms with Crippen LogP contribution in [0.3, 0.4) is 0 Å². The number of nitrogens with zero attached hydrogens (tertiary/aromatic N) is 1. The van der Waals surface area contributed by atoms with Gasteiger partial charge < -0.3 is 5.73 Å². The molecule has 1 aliphatic heterocycles. The summed E-state index contributed by atoms with van der Waals surface area (Å²) in [6.45, 7) is 1.44. The number of hydrogen-bond donors (Lipinski definition) is 1. The second-order valence-corrected chi connectivity index (χ2v) is 7.68. The molecule has 1 saturated heterocycles. The average Bonchev–Trinajstić information content (AvgIpc) is 2.74. The van der Waals surface area contributed by atoms with Crippen LogP contribution in [0.15, 0.2) is 60.7 Å². The van der Waals surface area contributed by atoms with Crippen LogP contribution in [-0.2, 0) is 22.4 Å². The molecule has 2 N–H and O–H groups in total. The Morgan fingerprint density at radius 2 is 1.25 bits per heavy atom. The molecule has 4 heteroatoms. The van der Waals surface area contributed by atoms with Crippen LogP contribution in [0.1, 0.15) is 36.8 Å². The number of carbonyl (C=O) groups excluding carboxylic acids is 2. The summed E-state index contributed by atoms with van der Waals surface area (Å²) in [5, 5.41) is 0. The van der Waals surface area contributed by atoms with Gasteiger partial charge in [-0.05, 0) is 36.8 Å². The van der Waals surface area contributed by atoms with E-state index in [-0.39, 0.29) is 17.6 Å². The quantitative estimate of drug-likeness (QED) is 0.681. The fourth-order valence-corrected chi connectivity index (χ4v) is 3.86. The minimum atomic E-state index is -0.625. The van der Waals surface area contributed by atoms with Crippen LogP contribution in [0.4, 0.5) is 0 Å². The van der Waals surface area contributed by atoms with Gasteiger partial charge in [0.05, 0.1) is 0 Å². The molecule has 0 radical (unpaired) electrons. The summed E-state index contributed by atoms with van der Waals surface area (Å²) in [5.74, 6) is 0.0785. The van der Waals surface area contributed by atoms with E-state index in [9.17, 15) is 9.59 Å². The van der Waals surface area contributed by atoms with E-state index < -0.39 is 6.04 Å². The maximum Gasteiger partial charge on any atom is 0.157 e. The molecule has 0 amide bonds. The Morgan fingerprint density at radius 3 is 1.68 bits per heavy atom. The molecular formula is C24H30N2O2. The minimum absolute atomic E-state index is 0.0392. The highest BCUT2D eigenvalue weighted by molar-refractivity contribution is 6.06. The van der Waals surface area contributed by atoms with Crippen molar-refractivity contribution in [1.29, 1.82) is 0 Å². The summed E-state index contributed by atoms with van der Waals surface area (Å²) in [6, 6.07) is 19.5. The first-order chi connectivity index (χ1) is 13.6. The van der Waals surface area contributed by atoms with Gasteiger partial charge in [-0.25, -0.2) is 0 Å². The summed E-state index contributed by atoms with van der Waals surface area (Å²) in [4.78, 5) is 28.2. The number of piperidine rings is 1. The minimum Gasteiger partial charge on any atom is -0.328 e. The van der Waals surface area contributed by atoms with E-state index in [1.165, 1.54) is 0 Å². The Bertz CT molecular complexity index is 697. The zero-order chi connectivity index (χ0) is 19.8. The molecule has 2 aromatic rings. The van der Waals surface area contributed by atoms with Gasteiger partial charge in [0.1, 0.15) is 6.04 Å². The Balaban J connectivity index is 1.65. The third-order valence-corrected chi connectivity index (χ3v) is 5.56. The SMILES string of the molecule is NC1CCN(C(C(=O)CCc2ccccc2)C(=O)CCc2ccccc2)CC1. The normalized spacial score (nSPS) is 15.6. The summed E-state index contributed by atoms with van der Waals surface area (Å²) in [7, 11) is 0. The topological polar surface area (TPSA) is 63.4 Å². The molecule has 1 aliphatic rings. The van der Waals surface area contributed by atoms with Crippen LogP contribution < -0.4 is 5.73 Å². The Morgan fingerprint density at radius 1 is 0.821 bits per heavy atom. The van der Waals surface area contributed by atoms with Gasteiger partial charge >= 0.3 is 0 Å². The molecule has 148 valence electrons. The molecule has 2 aromatic carbocycles. The van der Waals surface area contributed by atoms with E-state index in [1.807, 2.05) is 60.7 Å². The zero-order valence-electron chi connectivity index (χ0n) is 16.4. The summed E-state index contributed by atoms with van der Waals surface area (Å²) in [5.41, 5.74) is 8.29. The van der Waals surface area contributed by atoms with E-state index in [0.29, 0.717) is 25.7 Å². The highest BCUT2D eigenvalue weighted by Gasteiger charge is 2.33. The predicted molar refractivity (Wildman–Crippen MR) is 112 cm³/mol.